The zero-order chi connectivity index (χ0) is 15.9. The predicted molar refractivity (Wildman–Crippen MR) is 87.1 cm³/mol. The van der Waals surface area contributed by atoms with Crippen molar-refractivity contribution in [3.63, 3.8) is 0 Å². The zero-order valence-electron chi connectivity index (χ0n) is 12.2. The van der Waals surface area contributed by atoms with Crippen molar-refractivity contribution in [3.05, 3.63) is 50.1 Å². The first kappa shape index (κ1) is 14.7. The minimum atomic E-state index is -0.618. The molecule has 0 aliphatic carbocycles. The van der Waals surface area contributed by atoms with Crippen molar-refractivity contribution in [2.75, 3.05) is 18.0 Å². The number of nitrogens with zero attached hydrogens (tertiary/aromatic N) is 1. The second-order valence-corrected chi connectivity index (χ2v) is 5.27. The summed E-state index contributed by atoms with van der Waals surface area (Å²) in [6.07, 6.45) is 0. The minimum absolute atomic E-state index is 0.0368. The Morgan fingerprint density at radius 2 is 1.82 bits per heavy atom. The molecule has 114 valence electrons. The van der Waals surface area contributed by atoms with Crippen molar-refractivity contribution in [1.29, 1.82) is 0 Å². The fourth-order valence-corrected chi connectivity index (χ4v) is 2.82. The first-order chi connectivity index (χ1) is 10.5. The highest BCUT2D eigenvalue weighted by molar-refractivity contribution is 6.35. The van der Waals surface area contributed by atoms with E-state index in [1.165, 1.54) is 0 Å². The maximum atomic E-state index is 12.1. The molecule has 0 saturated carbocycles. The maximum Gasteiger partial charge on any atom is 0.348 e. The SMILES string of the molecule is CCN(CC)c1ccc2c(c1)oc(=O)c1c(Cl)cc(=O)oc12. The van der Waals surface area contributed by atoms with Gasteiger partial charge >= 0.3 is 11.3 Å². The fraction of sp³-hybridized carbons (Fsp3) is 0.250. The van der Waals surface area contributed by atoms with Crippen LogP contribution in [0.15, 0.2) is 42.7 Å². The lowest BCUT2D eigenvalue weighted by molar-refractivity contribution is 0.543. The van der Waals surface area contributed by atoms with E-state index in [0.717, 1.165) is 24.8 Å². The molecule has 6 heteroatoms. The van der Waals surface area contributed by atoms with Crippen molar-refractivity contribution in [1.82, 2.24) is 0 Å². The van der Waals surface area contributed by atoms with Gasteiger partial charge in [0.05, 0.1) is 10.4 Å². The number of benzene rings is 1. The standard InChI is InChI=1S/C16H14ClNO4/c1-3-18(4-2)9-5-6-10-12(7-9)21-16(20)14-11(17)8-13(19)22-15(10)14/h5-8H,3-4H2,1-2H3. The molecule has 0 aliphatic heterocycles. The molecular weight excluding hydrogens is 306 g/mol. The Bertz CT molecular complexity index is 969. The monoisotopic (exact) mass is 319 g/mol. The summed E-state index contributed by atoms with van der Waals surface area (Å²) in [6, 6.07) is 6.50. The first-order valence-corrected chi connectivity index (χ1v) is 7.38. The Hall–Kier alpha value is -2.27. The molecule has 0 aliphatic rings. The van der Waals surface area contributed by atoms with Crippen LogP contribution >= 0.6 is 11.6 Å². The Morgan fingerprint density at radius 3 is 2.50 bits per heavy atom. The van der Waals surface area contributed by atoms with E-state index >= 15 is 0 Å². The molecule has 2 heterocycles. The Labute approximate surface area is 130 Å². The molecule has 0 unspecified atom stereocenters. The third-order valence-corrected chi connectivity index (χ3v) is 3.96. The molecule has 5 nitrogen and oxygen atoms in total. The third-order valence-electron chi connectivity index (χ3n) is 3.66. The smallest absolute Gasteiger partial charge is 0.348 e. The van der Waals surface area contributed by atoms with Crippen LogP contribution in [0.4, 0.5) is 5.69 Å². The lowest BCUT2D eigenvalue weighted by atomic mass is 10.1. The van der Waals surface area contributed by atoms with Gasteiger partial charge in [-0.25, -0.2) is 9.59 Å². The highest BCUT2D eigenvalue weighted by Crippen LogP contribution is 2.28. The second kappa shape index (κ2) is 5.50. The van der Waals surface area contributed by atoms with Crippen molar-refractivity contribution in [2.45, 2.75) is 13.8 Å². The van der Waals surface area contributed by atoms with E-state index in [1.54, 1.807) is 12.1 Å². The molecular formula is C16H14ClNO4. The number of anilines is 1. The van der Waals surface area contributed by atoms with Gasteiger partial charge in [-0.15, -0.1) is 0 Å². The minimum Gasteiger partial charge on any atom is -0.422 e. The lowest BCUT2D eigenvalue weighted by Crippen LogP contribution is -2.21. The number of hydrogen-bond donors (Lipinski definition) is 0. The van der Waals surface area contributed by atoms with E-state index in [4.69, 9.17) is 20.4 Å². The van der Waals surface area contributed by atoms with Gasteiger partial charge in [0.25, 0.3) is 0 Å². The number of rotatable bonds is 3. The van der Waals surface area contributed by atoms with Gasteiger partial charge in [0.2, 0.25) is 0 Å². The summed E-state index contributed by atoms with van der Waals surface area (Å²) in [5.74, 6) is 0. The van der Waals surface area contributed by atoms with Crippen LogP contribution in [0.2, 0.25) is 5.02 Å². The van der Waals surface area contributed by atoms with Crippen LogP contribution in [0, 0.1) is 0 Å². The van der Waals surface area contributed by atoms with Gasteiger partial charge in [0.1, 0.15) is 11.0 Å². The van der Waals surface area contributed by atoms with Gasteiger partial charge in [0, 0.05) is 30.9 Å². The predicted octanol–water partition coefficient (Wildman–Crippen LogP) is 3.40. The van der Waals surface area contributed by atoms with Crippen LogP contribution in [0.25, 0.3) is 21.9 Å². The average molecular weight is 320 g/mol. The van der Waals surface area contributed by atoms with Gasteiger partial charge in [-0.3, -0.25) is 0 Å². The summed E-state index contributed by atoms with van der Waals surface area (Å²) in [5, 5.41) is 0.671. The summed E-state index contributed by atoms with van der Waals surface area (Å²) in [7, 11) is 0. The van der Waals surface area contributed by atoms with Crippen molar-refractivity contribution < 1.29 is 8.83 Å². The van der Waals surface area contributed by atoms with Crippen molar-refractivity contribution in [3.8, 4) is 0 Å². The summed E-state index contributed by atoms with van der Waals surface area (Å²) in [6.45, 7) is 5.76. The molecule has 0 amide bonds. The highest BCUT2D eigenvalue weighted by Gasteiger charge is 2.15. The zero-order valence-corrected chi connectivity index (χ0v) is 12.9. The van der Waals surface area contributed by atoms with E-state index in [1.807, 2.05) is 19.9 Å². The number of fused-ring (bicyclic) bond motifs is 3. The maximum absolute atomic E-state index is 12.1. The molecule has 0 N–H and O–H groups in total. The third kappa shape index (κ3) is 2.27. The largest absolute Gasteiger partial charge is 0.422 e. The summed E-state index contributed by atoms with van der Waals surface area (Å²) >= 11 is 5.97. The van der Waals surface area contributed by atoms with E-state index < -0.39 is 11.3 Å². The quantitative estimate of drug-likeness (QED) is 0.547. The Kier molecular flexibility index (Phi) is 3.66. The van der Waals surface area contributed by atoms with Crippen LogP contribution in [-0.4, -0.2) is 13.1 Å². The molecule has 0 saturated heterocycles. The van der Waals surface area contributed by atoms with Crippen LogP contribution in [-0.2, 0) is 0 Å². The second-order valence-electron chi connectivity index (χ2n) is 4.86. The van der Waals surface area contributed by atoms with Crippen LogP contribution in [0.1, 0.15) is 13.8 Å². The molecule has 22 heavy (non-hydrogen) atoms. The van der Waals surface area contributed by atoms with Crippen molar-refractivity contribution in [2.24, 2.45) is 0 Å². The Balaban J connectivity index is 2.39. The van der Waals surface area contributed by atoms with Gasteiger partial charge in [-0.1, -0.05) is 11.6 Å². The first-order valence-electron chi connectivity index (χ1n) is 7.00. The van der Waals surface area contributed by atoms with Gasteiger partial charge in [-0.2, -0.15) is 0 Å². The van der Waals surface area contributed by atoms with Gasteiger partial charge in [-0.05, 0) is 26.0 Å². The van der Waals surface area contributed by atoms with E-state index in [-0.39, 0.29) is 16.0 Å². The molecule has 0 spiro atoms. The molecule has 0 bridgehead atoms. The fourth-order valence-electron chi connectivity index (χ4n) is 2.56. The lowest BCUT2D eigenvalue weighted by Gasteiger charge is -2.21. The molecule has 0 fully saturated rings. The summed E-state index contributed by atoms with van der Waals surface area (Å²) in [4.78, 5) is 25.8. The van der Waals surface area contributed by atoms with E-state index in [0.29, 0.717) is 11.0 Å². The normalized spacial score (nSPS) is 11.2. The Morgan fingerprint density at radius 1 is 1.09 bits per heavy atom. The molecule has 1 aromatic carbocycles. The topological polar surface area (TPSA) is 63.7 Å². The van der Waals surface area contributed by atoms with Gasteiger partial charge < -0.3 is 13.7 Å². The number of hydrogen-bond acceptors (Lipinski definition) is 5. The van der Waals surface area contributed by atoms with Crippen LogP contribution in [0.5, 0.6) is 0 Å². The molecule has 0 atom stereocenters. The summed E-state index contributed by atoms with van der Waals surface area (Å²) in [5.41, 5.74) is 0.247. The average Bonchev–Trinajstić information content (AvgIpc) is 2.47. The van der Waals surface area contributed by atoms with Gasteiger partial charge in [0.15, 0.2) is 5.58 Å². The van der Waals surface area contributed by atoms with Crippen molar-refractivity contribution >= 4 is 39.2 Å². The molecule has 3 rings (SSSR count). The van der Waals surface area contributed by atoms with E-state index in [9.17, 15) is 9.59 Å². The number of halogens is 1. The molecule has 2 aromatic heterocycles. The highest BCUT2D eigenvalue weighted by atomic mass is 35.5. The summed E-state index contributed by atoms with van der Waals surface area (Å²) < 4.78 is 10.5. The van der Waals surface area contributed by atoms with E-state index in [2.05, 4.69) is 4.90 Å². The molecule has 0 radical (unpaired) electrons. The molecule has 3 aromatic rings. The van der Waals surface area contributed by atoms with Crippen LogP contribution in [0.3, 0.4) is 0 Å². The van der Waals surface area contributed by atoms with Crippen LogP contribution < -0.4 is 16.2 Å².